The van der Waals surface area contributed by atoms with Crippen LogP contribution in [0.25, 0.3) is 33.6 Å². The quantitative estimate of drug-likeness (QED) is 0.332. The molecule has 7 heteroatoms. The molecule has 0 aliphatic carbocycles. The van der Waals surface area contributed by atoms with E-state index in [1.807, 2.05) is 67.6 Å². The van der Waals surface area contributed by atoms with Gasteiger partial charge in [0.15, 0.2) is 6.10 Å². The Morgan fingerprint density at radius 2 is 1.79 bits per heavy atom. The van der Waals surface area contributed by atoms with Crippen LogP contribution in [0.5, 0.6) is 0 Å². The molecule has 1 atom stereocenters. The van der Waals surface area contributed by atoms with E-state index in [9.17, 15) is 4.79 Å². The molecule has 0 saturated heterocycles. The van der Waals surface area contributed by atoms with Gasteiger partial charge in [-0.1, -0.05) is 35.9 Å². The van der Waals surface area contributed by atoms with Gasteiger partial charge in [0, 0.05) is 28.9 Å². The van der Waals surface area contributed by atoms with E-state index >= 15 is 0 Å². The minimum Gasteiger partial charge on any atom is -0.449 e. The zero-order chi connectivity index (χ0) is 22.8. The van der Waals surface area contributed by atoms with Crippen LogP contribution in [0.1, 0.15) is 34.8 Å². The van der Waals surface area contributed by atoms with Crippen LogP contribution in [0, 0.1) is 6.92 Å². The fourth-order valence-corrected chi connectivity index (χ4v) is 3.49. The summed E-state index contributed by atoms with van der Waals surface area (Å²) in [5, 5.41) is 8.87. The number of hydrogen-bond acceptors (Lipinski definition) is 7. The van der Waals surface area contributed by atoms with Gasteiger partial charge < -0.3 is 9.15 Å². The molecular weight excluding hydrogens is 416 g/mol. The third kappa shape index (κ3) is 4.21. The maximum absolute atomic E-state index is 13.2. The van der Waals surface area contributed by atoms with Crippen molar-refractivity contribution in [1.29, 1.82) is 0 Å². The Morgan fingerprint density at radius 1 is 0.970 bits per heavy atom. The van der Waals surface area contributed by atoms with Crippen LogP contribution >= 0.6 is 0 Å². The molecule has 3 heterocycles. The van der Waals surface area contributed by atoms with Crippen LogP contribution in [0.4, 0.5) is 0 Å². The molecule has 0 N–H and O–H groups in total. The Morgan fingerprint density at radius 3 is 2.58 bits per heavy atom. The number of aryl methyl sites for hydroxylation is 1. The Balaban J connectivity index is 1.44. The molecule has 33 heavy (non-hydrogen) atoms. The SMILES string of the molecule is Cc1ccc(-c2nnc(C(C)OC(=O)c3cc(-c4cccnc4)nc4ccccc34)o2)cc1. The molecule has 5 aromatic rings. The lowest BCUT2D eigenvalue weighted by Crippen LogP contribution is -2.11. The molecular formula is C26H20N4O3. The van der Waals surface area contributed by atoms with Crippen molar-refractivity contribution in [3.63, 3.8) is 0 Å². The van der Waals surface area contributed by atoms with Gasteiger partial charge in [-0.2, -0.15) is 0 Å². The van der Waals surface area contributed by atoms with E-state index in [0.717, 1.165) is 16.7 Å². The standard InChI is InChI=1S/C26H20N4O3/c1-16-9-11-18(12-10-16)25-30-29-24(33-25)17(2)32-26(31)21-14-23(19-6-5-13-27-15-19)28-22-8-4-3-7-20(21)22/h3-15,17H,1-2H3. The van der Waals surface area contributed by atoms with Crippen molar-refractivity contribution >= 4 is 16.9 Å². The Kier molecular flexibility index (Phi) is 5.36. The van der Waals surface area contributed by atoms with Crippen molar-refractivity contribution in [3.05, 3.63) is 96.1 Å². The van der Waals surface area contributed by atoms with Crippen LogP contribution in [0.15, 0.2) is 83.5 Å². The number of aromatic nitrogens is 4. The van der Waals surface area contributed by atoms with Gasteiger partial charge in [0.25, 0.3) is 5.89 Å². The summed E-state index contributed by atoms with van der Waals surface area (Å²) in [4.78, 5) is 22.0. The van der Waals surface area contributed by atoms with E-state index in [4.69, 9.17) is 9.15 Å². The normalized spacial score (nSPS) is 11.9. The number of rotatable bonds is 5. The highest BCUT2D eigenvalue weighted by atomic mass is 16.6. The second-order valence-electron chi connectivity index (χ2n) is 7.67. The molecule has 0 spiro atoms. The zero-order valence-electron chi connectivity index (χ0n) is 18.1. The van der Waals surface area contributed by atoms with Crippen molar-refractivity contribution in [3.8, 4) is 22.7 Å². The van der Waals surface area contributed by atoms with E-state index in [1.165, 1.54) is 0 Å². The molecule has 7 nitrogen and oxygen atoms in total. The van der Waals surface area contributed by atoms with Gasteiger partial charge in [0.2, 0.25) is 5.89 Å². The van der Waals surface area contributed by atoms with Gasteiger partial charge in [0.1, 0.15) is 0 Å². The number of nitrogens with zero attached hydrogens (tertiary/aromatic N) is 4. The number of ether oxygens (including phenoxy) is 1. The predicted molar refractivity (Wildman–Crippen MR) is 123 cm³/mol. The van der Waals surface area contributed by atoms with E-state index < -0.39 is 12.1 Å². The average Bonchev–Trinajstić information content (AvgIpc) is 3.35. The molecule has 2 aromatic carbocycles. The summed E-state index contributed by atoms with van der Waals surface area (Å²) < 4.78 is 11.5. The first kappa shape index (κ1) is 20.5. The van der Waals surface area contributed by atoms with Gasteiger partial charge in [-0.15, -0.1) is 10.2 Å². The predicted octanol–water partition coefficient (Wildman–Crippen LogP) is 5.57. The number of carbonyl (C=O) groups excluding carboxylic acids is 1. The Bertz CT molecular complexity index is 1430. The highest BCUT2D eigenvalue weighted by Gasteiger charge is 2.22. The van der Waals surface area contributed by atoms with Crippen LogP contribution in [0.3, 0.4) is 0 Å². The smallest absolute Gasteiger partial charge is 0.339 e. The van der Waals surface area contributed by atoms with Crippen molar-refractivity contribution < 1.29 is 13.9 Å². The monoisotopic (exact) mass is 436 g/mol. The molecule has 5 rings (SSSR count). The number of esters is 1. The van der Waals surface area contributed by atoms with Crippen LogP contribution in [-0.2, 0) is 4.74 Å². The molecule has 0 radical (unpaired) electrons. The molecule has 0 amide bonds. The van der Waals surface area contributed by atoms with Crippen LogP contribution < -0.4 is 0 Å². The first-order valence-corrected chi connectivity index (χ1v) is 10.5. The third-order valence-electron chi connectivity index (χ3n) is 5.26. The lowest BCUT2D eigenvalue weighted by atomic mass is 10.1. The lowest BCUT2D eigenvalue weighted by Gasteiger charge is -2.12. The summed E-state index contributed by atoms with van der Waals surface area (Å²) in [6.45, 7) is 3.71. The fourth-order valence-electron chi connectivity index (χ4n) is 3.49. The van der Waals surface area contributed by atoms with Crippen LogP contribution in [0.2, 0.25) is 0 Å². The van der Waals surface area contributed by atoms with Crippen molar-refractivity contribution in [1.82, 2.24) is 20.2 Å². The Hall–Kier alpha value is -4.39. The topological polar surface area (TPSA) is 91.0 Å². The summed E-state index contributed by atoms with van der Waals surface area (Å²) in [6, 6.07) is 20.7. The van der Waals surface area contributed by atoms with Crippen molar-refractivity contribution in [2.75, 3.05) is 0 Å². The maximum Gasteiger partial charge on any atom is 0.339 e. The van der Waals surface area contributed by atoms with E-state index in [2.05, 4.69) is 20.2 Å². The number of pyridine rings is 2. The van der Waals surface area contributed by atoms with Gasteiger partial charge >= 0.3 is 5.97 Å². The lowest BCUT2D eigenvalue weighted by molar-refractivity contribution is 0.0282. The van der Waals surface area contributed by atoms with Crippen LogP contribution in [-0.4, -0.2) is 26.1 Å². The van der Waals surface area contributed by atoms with Crippen molar-refractivity contribution in [2.45, 2.75) is 20.0 Å². The minimum absolute atomic E-state index is 0.227. The first-order valence-electron chi connectivity index (χ1n) is 10.5. The number of carbonyl (C=O) groups is 1. The average molecular weight is 436 g/mol. The third-order valence-corrected chi connectivity index (χ3v) is 5.26. The summed E-state index contributed by atoms with van der Waals surface area (Å²) >= 11 is 0. The van der Waals surface area contributed by atoms with E-state index in [-0.39, 0.29) is 5.89 Å². The summed E-state index contributed by atoms with van der Waals surface area (Å²) in [5.41, 5.74) is 4.49. The summed E-state index contributed by atoms with van der Waals surface area (Å²) in [5.74, 6) is 0.104. The first-order chi connectivity index (χ1) is 16.1. The molecule has 0 fully saturated rings. The number of benzene rings is 2. The van der Waals surface area contributed by atoms with Crippen molar-refractivity contribution in [2.24, 2.45) is 0 Å². The zero-order valence-corrected chi connectivity index (χ0v) is 18.1. The largest absolute Gasteiger partial charge is 0.449 e. The number of hydrogen-bond donors (Lipinski definition) is 0. The van der Waals surface area contributed by atoms with E-state index in [1.54, 1.807) is 25.4 Å². The molecule has 3 aromatic heterocycles. The second kappa shape index (κ2) is 8.63. The van der Waals surface area contributed by atoms with Gasteiger partial charge in [0.05, 0.1) is 16.8 Å². The van der Waals surface area contributed by atoms with Gasteiger partial charge in [-0.3, -0.25) is 4.98 Å². The highest BCUT2D eigenvalue weighted by Crippen LogP contribution is 2.28. The molecule has 0 saturated carbocycles. The molecule has 162 valence electrons. The summed E-state index contributed by atoms with van der Waals surface area (Å²) in [7, 11) is 0. The fraction of sp³-hybridized carbons (Fsp3) is 0.115. The summed E-state index contributed by atoms with van der Waals surface area (Å²) in [6.07, 6.45) is 2.68. The maximum atomic E-state index is 13.2. The van der Waals surface area contributed by atoms with E-state index in [0.29, 0.717) is 28.1 Å². The molecule has 0 aliphatic heterocycles. The van der Waals surface area contributed by atoms with Gasteiger partial charge in [-0.25, -0.2) is 9.78 Å². The second-order valence-corrected chi connectivity index (χ2v) is 7.67. The Labute approximate surface area is 190 Å². The number of fused-ring (bicyclic) bond motifs is 1. The molecule has 0 aliphatic rings. The minimum atomic E-state index is -0.724. The molecule has 1 unspecified atom stereocenters. The molecule has 0 bridgehead atoms. The van der Waals surface area contributed by atoms with Gasteiger partial charge in [-0.05, 0) is 50.2 Å². The number of para-hydroxylation sites is 1. The highest BCUT2D eigenvalue weighted by molar-refractivity contribution is 6.04.